The van der Waals surface area contributed by atoms with Crippen molar-refractivity contribution in [2.75, 3.05) is 11.1 Å². The first-order valence-corrected chi connectivity index (χ1v) is 13.9. The molecular weight excluding hydrogens is 559 g/mol. The smallest absolute Gasteiger partial charge is 0.420 e. The van der Waals surface area contributed by atoms with Gasteiger partial charge in [-0.3, -0.25) is 9.79 Å². The molecule has 5 N–H and O–H groups in total. The van der Waals surface area contributed by atoms with Gasteiger partial charge in [0, 0.05) is 34.8 Å². The number of hydrogen-bond acceptors (Lipinski definition) is 11. The summed E-state index contributed by atoms with van der Waals surface area (Å²) in [6.45, 7) is 0. The third kappa shape index (κ3) is 5.98. The lowest BCUT2D eigenvalue weighted by atomic mass is 10.0. The van der Waals surface area contributed by atoms with Crippen molar-refractivity contribution in [1.29, 1.82) is 0 Å². The van der Waals surface area contributed by atoms with Crippen molar-refractivity contribution < 1.29 is 23.6 Å². The highest BCUT2D eigenvalue weighted by atomic mass is 31.2. The largest absolute Gasteiger partial charge is 0.524 e. The predicted molar refractivity (Wildman–Crippen MR) is 155 cm³/mol. The molecule has 0 aliphatic carbocycles. The summed E-state index contributed by atoms with van der Waals surface area (Å²) in [5.74, 6) is 1.27. The summed E-state index contributed by atoms with van der Waals surface area (Å²) in [6, 6.07) is 22.6. The molecule has 14 heteroatoms. The van der Waals surface area contributed by atoms with Crippen LogP contribution in [0.3, 0.4) is 0 Å². The minimum Gasteiger partial charge on any atom is -0.420 e. The maximum absolute atomic E-state index is 11.3. The molecule has 0 unspecified atom stereocenters. The van der Waals surface area contributed by atoms with Gasteiger partial charge in [-0.05, 0) is 36.4 Å². The van der Waals surface area contributed by atoms with Gasteiger partial charge in [0.1, 0.15) is 11.4 Å². The van der Waals surface area contributed by atoms with E-state index in [-0.39, 0.29) is 11.7 Å². The Morgan fingerprint density at radius 1 is 0.833 bits per heavy atom. The highest BCUT2D eigenvalue weighted by Crippen LogP contribution is 2.39. The van der Waals surface area contributed by atoms with Crippen LogP contribution in [0.5, 0.6) is 17.5 Å². The monoisotopic (exact) mass is 580 g/mol. The maximum atomic E-state index is 11.3. The number of nitrogens with two attached hydrogens (primary N) is 1. The van der Waals surface area contributed by atoms with Crippen LogP contribution >= 0.6 is 7.82 Å². The highest BCUT2D eigenvalue weighted by molar-refractivity contribution is 7.46. The van der Waals surface area contributed by atoms with Gasteiger partial charge in [-0.1, -0.05) is 36.4 Å². The van der Waals surface area contributed by atoms with E-state index in [1.807, 2.05) is 30.3 Å². The average Bonchev–Trinajstić information content (AvgIpc) is 2.98. The first-order chi connectivity index (χ1) is 20.3. The molecule has 0 amide bonds. The van der Waals surface area contributed by atoms with Gasteiger partial charge in [0.2, 0.25) is 17.7 Å². The Bertz CT molecular complexity index is 1950. The molecule has 0 fully saturated rings. The Balaban J connectivity index is 1.25. The molecule has 208 valence electrons. The van der Waals surface area contributed by atoms with E-state index in [0.29, 0.717) is 45.8 Å². The van der Waals surface area contributed by atoms with E-state index < -0.39 is 7.82 Å². The van der Waals surface area contributed by atoms with Crippen molar-refractivity contribution in [2.45, 2.75) is 0 Å². The SMILES string of the molecule is Nc1nccc(-c2cccnc2Oc2ccc(Nc3nnc(-c4cccc(OP(=O)(O)O)c4)c4ccccc34)cn2)n1. The Kier molecular flexibility index (Phi) is 7.11. The number of hydrogen-bond donors (Lipinski definition) is 4. The van der Waals surface area contributed by atoms with Gasteiger partial charge in [-0.2, -0.15) is 0 Å². The lowest BCUT2D eigenvalue weighted by Gasteiger charge is -2.13. The summed E-state index contributed by atoms with van der Waals surface area (Å²) in [6.07, 6.45) is 4.76. The molecule has 0 bridgehead atoms. The van der Waals surface area contributed by atoms with Crippen LogP contribution < -0.4 is 20.3 Å². The Hall–Kier alpha value is -5.49. The zero-order valence-corrected chi connectivity index (χ0v) is 22.5. The number of benzene rings is 2. The third-order valence-electron chi connectivity index (χ3n) is 5.94. The van der Waals surface area contributed by atoms with Crippen LogP contribution in [0.2, 0.25) is 0 Å². The van der Waals surface area contributed by atoms with Gasteiger partial charge in [-0.15, -0.1) is 10.2 Å². The summed E-state index contributed by atoms with van der Waals surface area (Å²) >= 11 is 0. The van der Waals surface area contributed by atoms with E-state index >= 15 is 0 Å². The average molecular weight is 581 g/mol. The predicted octanol–water partition coefficient (Wildman–Crippen LogP) is 5.13. The normalized spacial score (nSPS) is 11.3. The molecular formula is C28H21N8O5P. The minimum atomic E-state index is -4.71. The fourth-order valence-electron chi connectivity index (χ4n) is 4.19. The molecule has 0 aliphatic heterocycles. The van der Waals surface area contributed by atoms with Crippen molar-refractivity contribution in [3.05, 3.63) is 97.5 Å². The van der Waals surface area contributed by atoms with Crippen molar-refractivity contribution >= 4 is 36.0 Å². The number of nitrogens with zero attached hydrogens (tertiary/aromatic N) is 6. The topological polar surface area (TPSA) is 191 Å². The van der Waals surface area contributed by atoms with Crippen LogP contribution in [-0.4, -0.2) is 39.9 Å². The van der Waals surface area contributed by atoms with E-state index in [1.165, 1.54) is 12.1 Å². The van der Waals surface area contributed by atoms with Crippen molar-refractivity contribution in [2.24, 2.45) is 0 Å². The Morgan fingerprint density at radius 2 is 1.69 bits per heavy atom. The van der Waals surface area contributed by atoms with Gasteiger partial charge in [-0.25, -0.2) is 24.5 Å². The molecule has 4 heterocycles. The van der Waals surface area contributed by atoms with E-state index in [0.717, 1.165) is 10.8 Å². The van der Waals surface area contributed by atoms with Crippen molar-refractivity contribution in [1.82, 2.24) is 30.1 Å². The van der Waals surface area contributed by atoms with Crippen molar-refractivity contribution in [3.8, 4) is 40.0 Å². The molecule has 0 spiro atoms. The first-order valence-electron chi connectivity index (χ1n) is 12.4. The minimum absolute atomic E-state index is 0.0151. The molecule has 6 aromatic rings. The number of nitrogens with one attached hydrogen (secondary N) is 1. The number of anilines is 3. The van der Waals surface area contributed by atoms with Crippen LogP contribution in [0.25, 0.3) is 33.3 Å². The number of nitrogen functional groups attached to an aromatic ring is 1. The zero-order valence-electron chi connectivity index (χ0n) is 21.6. The van der Waals surface area contributed by atoms with Crippen LogP contribution in [-0.2, 0) is 4.57 Å². The number of rotatable bonds is 8. The number of phosphoric acid groups is 1. The molecule has 42 heavy (non-hydrogen) atoms. The molecule has 13 nitrogen and oxygen atoms in total. The maximum Gasteiger partial charge on any atom is 0.524 e. The van der Waals surface area contributed by atoms with Gasteiger partial charge in [0.05, 0.1) is 23.1 Å². The lowest BCUT2D eigenvalue weighted by molar-refractivity contribution is 0.283. The van der Waals surface area contributed by atoms with E-state index in [2.05, 4.69) is 35.5 Å². The van der Waals surface area contributed by atoms with Gasteiger partial charge < -0.3 is 20.3 Å². The Labute approximate surface area is 238 Å². The fraction of sp³-hybridized carbons (Fsp3) is 0. The molecule has 4 aromatic heterocycles. The molecule has 0 aliphatic rings. The molecule has 6 rings (SSSR count). The first kappa shape index (κ1) is 26.7. The highest BCUT2D eigenvalue weighted by Gasteiger charge is 2.18. The molecule has 0 saturated carbocycles. The van der Waals surface area contributed by atoms with Gasteiger partial charge in [0.25, 0.3) is 0 Å². The molecule has 0 radical (unpaired) electrons. The summed E-state index contributed by atoms with van der Waals surface area (Å²) in [4.78, 5) is 35.2. The van der Waals surface area contributed by atoms with E-state index in [1.54, 1.807) is 55.0 Å². The van der Waals surface area contributed by atoms with Crippen LogP contribution in [0.1, 0.15) is 0 Å². The van der Waals surface area contributed by atoms with Gasteiger partial charge in [0.15, 0.2) is 5.82 Å². The summed E-state index contributed by atoms with van der Waals surface area (Å²) < 4.78 is 22.0. The number of ether oxygens (including phenoxy) is 1. The second-order valence-electron chi connectivity index (χ2n) is 8.82. The van der Waals surface area contributed by atoms with Crippen LogP contribution in [0.4, 0.5) is 17.5 Å². The molecule has 2 aromatic carbocycles. The molecule has 0 saturated heterocycles. The number of phosphoric ester groups is 1. The van der Waals surface area contributed by atoms with Crippen LogP contribution in [0.15, 0.2) is 97.5 Å². The quantitative estimate of drug-likeness (QED) is 0.173. The summed E-state index contributed by atoms with van der Waals surface area (Å²) in [7, 11) is -4.71. The van der Waals surface area contributed by atoms with E-state index in [9.17, 15) is 4.57 Å². The van der Waals surface area contributed by atoms with Gasteiger partial charge >= 0.3 is 7.82 Å². The lowest BCUT2D eigenvalue weighted by Crippen LogP contribution is -2.00. The number of fused-ring (bicyclic) bond motifs is 1. The standard InChI is InChI=1S/C28H21N8O5P/c29-28-31-14-12-23(34-28)22-9-4-13-30-27(22)40-24-11-10-18(16-32-24)33-26-21-8-2-1-7-20(21)25(35-36-26)17-5-3-6-19(15-17)41-42(37,38)39/h1-16H,(H,33,36)(H2,29,31,34)(H2,37,38,39). The number of aromatic nitrogens is 6. The van der Waals surface area contributed by atoms with Crippen LogP contribution in [0, 0.1) is 0 Å². The molecule has 0 atom stereocenters. The summed E-state index contributed by atoms with van der Waals surface area (Å²) in [5.41, 5.74) is 8.67. The second-order valence-corrected chi connectivity index (χ2v) is 9.98. The van der Waals surface area contributed by atoms with Crippen molar-refractivity contribution in [3.63, 3.8) is 0 Å². The third-order valence-corrected chi connectivity index (χ3v) is 6.39. The summed E-state index contributed by atoms with van der Waals surface area (Å²) in [5, 5.41) is 13.5. The second kappa shape index (κ2) is 11.2. The number of pyridine rings is 2. The fourth-order valence-corrected chi connectivity index (χ4v) is 4.58. The Morgan fingerprint density at radius 3 is 2.48 bits per heavy atom. The van der Waals surface area contributed by atoms with E-state index in [4.69, 9.17) is 24.8 Å². The zero-order chi connectivity index (χ0) is 29.1.